The molecule has 0 aliphatic carbocycles. The summed E-state index contributed by atoms with van der Waals surface area (Å²) in [6.07, 6.45) is 0. The predicted molar refractivity (Wildman–Crippen MR) is 125 cm³/mol. The molecule has 0 saturated carbocycles. The summed E-state index contributed by atoms with van der Waals surface area (Å²) in [6.45, 7) is -0.249. The van der Waals surface area contributed by atoms with E-state index in [-0.39, 0.29) is 17.0 Å². The summed E-state index contributed by atoms with van der Waals surface area (Å²) in [6, 6.07) is 18.8. The Morgan fingerprint density at radius 2 is 1.47 bits per heavy atom. The zero-order chi connectivity index (χ0) is 24.6. The molecule has 0 unspecified atom stereocenters. The molecular weight excluding hydrogens is 460 g/mol. The molecular formula is C24H24N2O7S. The van der Waals surface area contributed by atoms with Crippen molar-refractivity contribution in [3.8, 4) is 11.5 Å². The van der Waals surface area contributed by atoms with E-state index in [0.29, 0.717) is 17.2 Å². The first-order valence-electron chi connectivity index (χ1n) is 10.1. The van der Waals surface area contributed by atoms with Crippen LogP contribution < -0.4 is 19.5 Å². The van der Waals surface area contributed by atoms with Crippen LogP contribution in [0.1, 0.15) is 15.9 Å². The maximum Gasteiger partial charge on any atom is 0.338 e. The first kappa shape index (κ1) is 24.6. The second kappa shape index (κ2) is 11.2. The second-order valence-corrected chi connectivity index (χ2v) is 8.75. The van der Waals surface area contributed by atoms with Gasteiger partial charge in [0.2, 0.25) is 0 Å². The molecule has 178 valence electrons. The molecule has 34 heavy (non-hydrogen) atoms. The molecule has 0 saturated heterocycles. The zero-order valence-electron chi connectivity index (χ0n) is 18.6. The molecule has 1 amide bonds. The lowest BCUT2D eigenvalue weighted by Gasteiger charge is -2.10. The minimum absolute atomic E-state index is 0.000519. The molecule has 0 aromatic heterocycles. The van der Waals surface area contributed by atoms with Crippen LogP contribution in [-0.4, -0.2) is 41.1 Å². The van der Waals surface area contributed by atoms with E-state index in [2.05, 4.69) is 10.0 Å². The minimum atomic E-state index is -3.95. The number of rotatable bonds is 10. The first-order chi connectivity index (χ1) is 16.3. The molecule has 0 radical (unpaired) electrons. The highest BCUT2D eigenvalue weighted by atomic mass is 32.2. The third-order valence-electron chi connectivity index (χ3n) is 4.71. The van der Waals surface area contributed by atoms with Gasteiger partial charge in [-0.05, 0) is 60.2 Å². The van der Waals surface area contributed by atoms with Crippen LogP contribution in [-0.2, 0) is 26.1 Å². The van der Waals surface area contributed by atoms with Gasteiger partial charge in [-0.3, -0.25) is 9.52 Å². The quantitative estimate of drug-likeness (QED) is 0.425. The summed E-state index contributed by atoms with van der Waals surface area (Å²) in [5.74, 6) is -0.0246. The SMILES string of the molecule is COc1ccc(CNC(=O)COC(=O)c2cccc(S(=O)(=O)Nc3ccc(OC)cc3)c2)cc1. The summed E-state index contributed by atoms with van der Waals surface area (Å²) in [7, 11) is -0.880. The van der Waals surface area contributed by atoms with Gasteiger partial charge in [-0.15, -0.1) is 0 Å². The molecule has 3 aromatic carbocycles. The molecule has 0 aliphatic heterocycles. The van der Waals surface area contributed by atoms with E-state index in [0.717, 1.165) is 5.56 Å². The third kappa shape index (κ3) is 6.72. The highest BCUT2D eigenvalue weighted by molar-refractivity contribution is 7.92. The van der Waals surface area contributed by atoms with E-state index in [4.69, 9.17) is 14.2 Å². The van der Waals surface area contributed by atoms with Gasteiger partial charge >= 0.3 is 5.97 Å². The van der Waals surface area contributed by atoms with Crippen LogP contribution in [0, 0.1) is 0 Å². The van der Waals surface area contributed by atoms with Crippen LogP contribution in [0.4, 0.5) is 5.69 Å². The molecule has 0 spiro atoms. The van der Waals surface area contributed by atoms with Gasteiger partial charge in [-0.25, -0.2) is 13.2 Å². The van der Waals surface area contributed by atoms with Crippen molar-refractivity contribution in [2.24, 2.45) is 0 Å². The van der Waals surface area contributed by atoms with E-state index in [1.807, 2.05) is 0 Å². The van der Waals surface area contributed by atoms with E-state index >= 15 is 0 Å². The summed E-state index contributed by atoms with van der Waals surface area (Å²) in [5.41, 5.74) is 1.19. The number of ether oxygens (including phenoxy) is 3. The number of amides is 1. The molecule has 0 fully saturated rings. The molecule has 10 heteroatoms. The van der Waals surface area contributed by atoms with Crippen LogP contribution in [0.15, 0.2) is 77.7 Å². The highest BCUT2D eigenvalue weighted by Gasteiger charge is 2.18. The van der Waals surface area contributed by atoms with E-state index in [1.165, 1.54) is 31.4 Å². The Labute approximate surface area is 197 Å². The van der Waals surface area contributed by atoms with Crippen LogP contribution in [0.5, 0.6) is 11.5 Å². The Balaban J connectivity index is 1.56. The average Bonchev–Trinajstić information content (AvgIpc) is 2.86. The summed E-state index contributed by atoms with van der Waals surface area (Å²) in [4.78, 5) is 24.3. The standard InChI is InChI=1S/C24H24N2O7S/c1-31-20-10-6-17(7-11-20)15-25-23(27)16-33-24(28)18-4-3-5-22(14-18)34(29,30)26-19-8-12-21(32-2)13-9-19/h3-14,26H,15-16H2,1-2H3,(H,25,27). The highest BCUT2D eigenvalue weighted by Crippen LogP contribution is 2.20. The van der Waals surface area contributed by atoms with Gasteiger partial charge in [0.15, 0.2) is 6.61 Å². The van der Waals surface area contributed by atoms with E-state index < -0.39 is 28.5 Å². The van der Waals surface area contributed by atoms with Crippen LogP contribution in [0.25, 0.3) is 0 Å². The van der Waals surface area contributed by atoms with Crippen LogP contribution in [0.2, 0.25) is 0 Å². The Morgan fingerprint density at radius 1 is 0.853 bits per heavy atom. The zero-order valence-corrected chi connectivity index (χ0v) is 19.4. The largest absolute Gasteiger partial charge is 0.497 e. The van der Waals surface area contributed by atoms with Gasteiger partial charge in [0, 0.05) is 12.2 Å². The van der Waals surface area contributed by atoms with Crippen molar-refractivity contribution in [3.05, 3.63) is 83.9 Å². The van der Waals surface area contributed by atoms with E-state index in [1.54, 1.807) is 55.6 Å². The van der Waals surface area contributed by atoms with Gasteiger partial charge in [0.05, 0.1) is 24.7 Å². The second-order valence-electron chi connectivity index (χ2n) is 7.06. The van der Waals surface area contributed by atoms with Gasteiger partial charge in [0.25, 0.3) is 15.9 Å². The van der Waals surface area contributed by atoms with E-state index in [9.17, 15) is 18.0 Å². The van der Waals surface area contributed by atoms with Crippen molar-refractivity contribution < 1.29 is 32.2 Å². The maximum absolute atomic E-state index is 12.7. The number of nitrogens with one attached hydrogen (secondary N) is 2. The Bertz CT molecular complexity index is 1240. The molecule has 9 nitrogen and oxygen atoms in total. The van der Waals surface area contributed by atoms with Crippen molar-refractivity contribution in [2.45, 2.75) is 11.4 Å². The van der Waals surface area contributed by atoms with Crippen molar-refractivity contribution >= 4 is 27.6 Å². The number of benzene rings is 3. The molecule has 0 heterocycles. The lowest BCUT2D eigenvalue weighted by Crippen LogP contribution is -2.28. The monoisotopic (exact) mass is 484 g/mol. The van der Waals surface area contributed by atoms with Crippen molar-refractivity contribution in [1.82, 2.24) is 5.32 Å². The summed E-state index contributed by atoms with van der Waals surface area (Å²) < 4.78 is 43.0. The Morgan fingerprint density at radius 3 is 2.09 bits per heavy atom. The van der Waals surface area contributed by atoms with Crippen molar-refractivity contribution in [1.29, 1.82) is 0 Å². The maximum atomic E-state index is 12.7. The fourth-order valence-electron chi connectivity index (χ4n) is 2.87. The Hall–Kier alpha value is -4.05. The minimum Gasteiger partial charge on any atom is -0.497 e. The number of anilines is 1. The number of esters is 1. The van der Waals surface area contributed by atoms with Gasteiger partial charge in [-0.2, -0.15) is 0 Å². The number of sulfonamides is 1. The van der Waals surface area contributed by atoms with Gasteiger partial charge in [0.1, 0.15) is 11.5 Å². The summed E-state index contributed by atoms with van der Waals surface area (Å²) in [5, 5.41) is 2.64. The first-order valence-corrected chi connectivity index (χ1v) is 11.6. The topological polar surface area (TPSA) is 120 Å². The normalized spacial score (nSPS) is 10.8. The molecule has 2 N–H and O–H groups in total. The average molecular weight is 485 g/mol. The fraction of sp³-hybridized carbons (Fsp3) is 0.167. The molecule has 0 atom stereocenters. The van der Waals surface area contributed by atoms with Gasteiger partial charge < -0.3 is 19.5 Å². The summed E-state index contributed by atoms with van der Waals surface area (Å²) >= 11 is 0. The van der Waals surface area contributed by atoms with Crippen molar-refractivity contribution in [3.63, 3.8) is 0 Å². The number of methoxy groups -OCH3 is 2. The lowest BCUT2D eigenvalue weighted by atomic mass is 10.2. The molecule has 3 rings (SSSR count). The predicted octanol–water partition coefficient (Wildman–Crippen LogP) is 2.98. The molecule has 3 aromatic rings. The lowest BCUT2D eigenvalue weighted by molar-refractivity contribution is -0.124. The molecule has 0 aliphatic rings. The fourth-order valence-corrected chi connectivity index (χ4v) is 3.98. The van der Waals surface area contributed by atoms with Gasteiger partial charge in [-0.1, -0.05) is 18.2 Å². The Kier molecular flexibility index (Phi) is 8.10. The van der Waals surface area contributed by atoms with Crippen LogP contribution >= 0.6 is 0 Å². The van der Waals surface area contributed by atoms with Crippen molar-refractivity contribution in [2.75, 3.05) is 25.5 Å². The molecule has 0 bridgehead atoms. The number of hydrogen-bond donors (Lipinski definition) is 2. The number of carbonyl (C=O) groups is 2. The number of hydrogen-bond acceptors (Lipinski definition) is 7. The third-order valence-corrected chi connectivity index (χ3v) is 6.08. The number of carbonyl (C=O) groups excluding carboxylic acids is 2. The smallest absolute Gasteiger partial charge is 0.338 e. The van der Waals surface area contributed by atoms with Crippen LogP contribution in [0.3, 0.4) is 0 Å².